The molecule has 0 amide bonds. The molecule has 0 aliphatic carbocycles. The molecule has 0 aliphatic rings. The van der Waals surface area contributed by atoms with Crippen molar-refractivity contribution >= 4 is 23.2 Å². The second-order valence-electron chi connectivity index (χ2n) is 4.70. The first-order chi connectivity index (χ1) is 10.1. The van der Waals surface area contributed by atoms with Crippen LogP contribution in [-0.4, -0.2) is 22.8 Å². The van der Waals surface area contributed by atoms with Gasteiger partial charge in [0.2, 0.25) is 5.95 Å². The average Bonchev–Trinajstić information content (AvgIpc) is 2.79. The molecule has 0 atom stereocenters. The Morgan fingerprint density at radius 3 is 2.95 bits per heavy atom. The van der Waals surface area contributed by atoms with E-state index < -0.39 is 5.82 Å². The van der Waals surface area contributed by atoms with Gasteiger partial charge in [-0.25, -0.2) is 9.37 Å². The van der Waals surface area contributed by atoms with Gasteiger partial charge in [-0.3, -0.25) is 0 Å². The summed E-state index contributed by atoms with van der Waals surface area (Å²) < 4.78 is 20.5. The van der Waals surface area contributed by atoms with Crippen LogP contribution in [0.15, 0.2) is 24.4 Å². The van der Waals surface area contributed by atoms with Crippen LogP contribution in [-0.2, 0) is 11.3 Å². The molecule has 0 unspecified atom stereocenters. The van der Waals surface area contributed by atoms with Crippen molar-refractivity contribution in [1.29, 1.82) is 0 Å². The second kappa shape index (κ2) is 7.43. The third-order valence-electron chi connectivity index (χ3n) is 2.96. The Hall–Kier alpha value is -1.59. The zero-order valence-electron chi connectivity index (χ0n) is 12.2. The molecule has 2 aromatic rings. The van der Waals surface area contributed by atoms with E-state index >= 15 is 0 Å². The Morgan fingerprint density at radius 1 is 1.43 bits per heavy atom. The maximum absolute atomic E-state index is 13.2. The van der Waals surface area contributed by atoms with Crippen LogP contribution in [0.4, 0.5) is 16.0 Å². The van der Waals surface area contributed by atoms with Gasteiger partial charge in [0.1, 0.15) is 5.82 Å². The molecule has 0 saturated heterocycles. The van der Waals surface area contributed by atoms with Crippen LogP contribution in [0.3, 0.4) is 0 Å². The summed E-state index contributed by atoms with van der Waals surface area (Å²) in [6, 6.07) is 4.51. The maximum Gasteiger partial charge on any atom is 0.207 e. The number of halogens is 2. The van der Waals surface area contributed by atoms with Crippen LogP contribution < -0.4 is 5.32 Å². The van der Waals surface area contributed by atoms with Crippen LogP contribution in [0.5, 0.6) is 0 Å². The fourth-order valence-electron chi connectivity index (χ4n) is 2.00. The van der Waals surface area contributed by atoms with Crippen molar-refractivity contribution in [1.82, 2.24) is 9.55 Å². The summed E-state index contributed by atoms with van der Waals surface area (Å²) in [5.41, 5.74) is 1.63. The molecule has 6 heteroatoms. The summed E-state index contributed by atoms with van der Waals surface area (Å²) in [6.07, 6.45) is 2.88. The van der Waals surface area contributed by atoms with Crippen molar-refractivity contribution in [3.05, 3.63) is 40.9 Å². The number of nitrogens with zero attached hydrogens (tertiary/aromatic N) is 2. The molecule has 0 aliphatic heterocycles. The first-order valence-corrected chi connectivity index (χ1v) is 7.31. The number of hydrogen-bond acceptors (Lipinski definition) is 3. The van der Waals surface area contributed by atoms with Crippen molar-refractivity contribution in [2.75, 3.05) is 18.5 Å². The molecular formula is C15H19ClFN3O. The first kappa shape index (κ1) is 15.8. The van der Waals surface area contributed by atoms with Gasteiger partial charge in [-0.1, -0.05) is 11.6 Å². The lowest BCUT2D eigenvalue weighted by Crippen LogP contribution is -2.06. The molecule has 1 heterocycles. The predicted molar refractivity (Wildman–Crippen MR) is 82.8 cm³/mol. The van der Waals surface area contributed by atoms with Gasteiger partial charge in [-0.15, -0.1) is 0 Å². The normalized spacial score (nSPS) is 10.9. The number of aryl methyl sites for hydroxylation is 2. The van der Waals surface area contributed by atoms with Crippen LogP contribution in [0.1, 0.15) is 19.0 Å². The highest BCUT2D eigenvalue weighted by Gasteiger charge is 2.07. The average molecular weight is 312 g/mol. The zero-order chi connectivity index (χ0) is 15.2. The summed E-state index contributed by atoms with van der Waals surface area (Å²) in [4.78, 5) is 4.43. The number of anilines is 2. The van der Waals surface area contributed by atoms with E-state index in [0.29, 0.717) is 11.6 Å². The molecule has 0 radical (unpaired) electrons. The van der Waals surface area contributed by atoms with E-state index in [1.807, 2.05) is 24.6 Å². The van der Waals surface area contributed by atoms with Crippen molar-refractivity contribution in [3.63, 3.8) is 0 Å². The van der Waals surface area contributed by atoms with Gasteiger partial charge in [0.15, 0.2) is 0 Å². The number of benzene rings is 1. The monoisotopic (exact) mass is 311 g/mol. The largest absolute Gasteiger partial charge is 0.382 e. The number of rotatable bonds is 7. The van der Waals surface area contributed by atoms with Crippen molar-refractivity contribution in [2.24, 2.45) is 0 Å². The summed E-state index contributed by atoms with van der Waals surface area (Å²) >= 11 is 5.78. The van der Waals surface area contributed by atoms with Crippen LogP contribution in [0, 0.1) is 12.7 Å². The van der Waals surface area contributed by atoms with E-state index in [0.717, 1.165) is 31.9 Å². The quantitative estimate of drug-likeness (QED) is 0.781. The van der Waals surface area contributed by atoms with Gasteiger partial charge in [-0.05, 0) is 38.5 Å². The topological polar surface area (TPSA) is 39.1 Å². The molecule has 21 heavy (non-hydrogen) atoms. The zero-order valence-corrected chi connectivity index (χ0v) is 13.0. The van der Waals surface area contributed by atoms with Crippen molar-refractivity contribution in [2.45, 2.75) is 26.8 Å². The Kier molecular flexibility index (Phi) is 5.59. The number of aromatic nitrogens is 2. The molecular weight excluding hydrogens is 293 g/mol. The van der Waals surface area contributed by atoms with E-state index in [1.54, 1.807) is 12.1 Å². The SMILES string of the molecule is CCOCCCn1cc(C)nc1Nc1ccc(F)c(Cl)c1. The van der Waals surface area contributed by atoms with Gasteiger partial charge in [0, 0.05) is 31.6 Å². The highest BCUT2D eigenvalue weighted by Crippen LogP contribution is 2.22. The van der Waals surface area contributed by atoms with E-state index in [2.05, 4.69) is 10.3 Å². The van der Waals surface area contributed by atoms with Crippen LogP contribution in [0.2, 0.25) is 5.02 Å². The molecule has 0 saturated carbocycles. The van der Waals surface area contributed by atoms with Crippen molar-refractivity contribution < 1.29 is 9.13 Å². The Labute approximate surface area is 128 Å². The minimum absolute atomic E-state index is 0.0890. The van der Waals surface area contributed by atoms with Gasteiger partial charge in [0.05, 0.1) is 10.7 Å². The third kappa shape index (κ3) is 4.44. The second-order valence-corrected chi connectivity index (χ2v) is 5.11. The van der Waals surface area contributed by atoms with Gasteiger partial charge < -0.3 is 14.6 Å². The number of imidazole rings is 1. The molecule has 1 aromatic heterocycles. The highest BCUT2D eigenvalue weighted by atomic mass is 35.5. The van der Waals surface area contributed by atoms with Crippen LogP contribution in [0.25, 0.3) is 0 Å². The molecule has 0 bridgehead atoms. The summed E-state index contributed by atoms with van der Waals surface area (Å²) in [5.74, 6) is 0.283. The predicted octanol–water partition coefficient (Wildman–Crippen LogP) is 4.15. The van der Waals surface area contributed by atoms with E-state index in [1.165, 1.54) is 6.07 Å². The summed E-state index contributed by atoms with van der Waals surface area (Å²) in [5, 5.41) is 3.25. The summed E-state index contributed by atoms with van der Waals surface area (Å²) in [6.45, 7) is 6.16. The van der Waals surface area contributed by atoms with Crippen molar-refractivity contribution in [3.8, 4) is 0 Å². The van der Waals surface area contributed by atoms with E-state index in [9.17, 15) is 4.39 Å². The lowest BCUT2D eigenvalue weighted by atomic mass is 10.3. The number of hydrogen-bond donors (Lipinski definition) is 1. The third-order valence-corrected chi connectivity index (χ3v) is 3.25. The lowest BCUT2D eigenvalue weighted by Gasteiger charge is -2.10. The van der Waals surface area contributed by atoms with E-state index in [4.69, 9.17) is 16.3 Å². The minimum atomic E-state index is -0.432. The smallest absolute Gasteiger partial charge is 0.207 e. The standard InChI is InChI=1S/C15H19ClFN3O/c1-3-21-8-4-7-20-10-11(2)18-15(20)19-12-5-6-14(17)13(16)9-12/h5-6,9-10H,3-4,7-8H2,1-2H3,(H,18,19). The molecule has 114 valence electrons. The summed E-state index contributed by atoms with van der Waals surface area (Å²) in [7, 11) is 0. The van der Waals surface area contributed by atoms with Gasteiger partial charge in [-0.2, -0.15) is 0 Å². The fraction of sp³-hybridized carbons (Fsp3) is 0.400. The van der Waals surface area contributed by atoms with Gasteiger partial charge in [0.25, 0.3) is 0 Å². The molecule has 4 nitrogen and oxygen atoms in total. The highest BCUT2D eigenvalue weighted by molar-refractivity contribution is 6.31. The van der Waals surface area contributed by atoms with Gasteiger partial charge >= 0.3 is 0 Å². The molecule has 1 aromatic carbocycles. The van der Waals surface area contributed by atoms with Crippen LogP contribution >= 0.6 is 11.6 Å². The molecule has 0 spiro atoms. The maximum atomic E-state index is 13.2. The molecule has 2 rings (SSSR count). The first-order valence-electron chi connectivity index (χ1n) is 6.93. The fourth-order valence-corrected chi connectivity index (χ4v) is 2.18. The Balaban J connectivity index is 2.06. The minimum Gasteiger partial charge on any atom is -0.382 e. The molecule has 0 fully saturated rings. The lowest BCUT2D eigenvalue weighted by molar-refractivity contribution is 0.142. The number of ether oxygens (including phenoxy) is 1. The van der Waals surface area contributed by atoms with E-state index in [-0.39, 0.29) is 5.02 Å². The molecule has 1 N–H and O–H groups in total. The number of nitrogens with one attached hydrogen (secondary N) is 1. The Morgan fingerprint density at radius 2 is 2.24 bits per heavy atom. The Bertz CT molecular complexity index is 601.